The Kier molecular flexibility index (Phi) is 6.92. The molecule has 2 N–H and O–H groups in total. The van der Waals surface area contributed by atoms with Gasteiger partial charge in [-0.3, -0.25) is 5.43 Å². The molecular weight excluding hydrogens is 354 g/mol. The fraction of sp³-hybridized carbons (Fsp3) is 0.167. The smallest absolute Gasteiger partial charge is 0.343 e. The van der Waals surface area contributed by atoms with Crippen LogP contribution in [-0.2, 0) is 0 Å². The van der Waals surface area contributed by atoms with Crippen LogP contribution in [0.5, 0.6) is 17.2 Å². The Morgan fingerprint density at radius 3 is 2.42 bits per heavy atom. The zero-order valence-corrected chi connectivity index (χ0v) is 15.4. The van der Waals surface area contributed by atoms with E-state index in [1.807, 2.05) is 0 Å². The number of hydrogen-bond donors (Lipinski definition) is 2. The van der Waals surface area contributed by atoms with Gasteiger partial charge in [-0.05, 0) is 60.2 Å². The van der Waals surface area contributed by atoms with Crippen molar-refractivity contribution in [1.82, 2.24) is 10.7 Å². The molecule has 7 nitrogen and oxygen atoms in total. The van der Waals surface area contributed by atoms with Gasteiger partial charge in [-0.2, -0.15) is 5.10 Å². The first-order chi connectivity index (χ1) is 12.6. The van der Waals surface area contributed by atoms with E-state index in [0.717, 1.165) is 5.56 Å². The predicted octanol–water partition coefficient (Wildman–Crippen LogP) is 2.35. The number of carbonyl (C=O) groups excluding carboxylic acids is 1. The summed E-state index contributed by atoms with van der Waals surface area (Å²) < 4.78 is 15.8. The lowest BCUT2D eigenvalue weighted by Crippen LogP contribution is -2.28. The molecule has 0 radical (unpaired) electrons. The van der Waals surface area contributed by atoms with Crippen LogP contribution in [0.15, 0.2) is 47.6 Å². The quantitative estimate of drug-likeness (QED) is 0.264. The minimum Gasteiger partial charge on any atom is -0.497 e. The van der Waals surface area contributed by atoms with Gasteiger partial charge in [0.1, 0.15) is 5.75 Å². The highest BCUT2D eigenvalue weighted by Gasteiger charge is 2.13. The minimum atomic E-state index is -0.492. The van der Waals surface area contributed by atoms with E-state index in [4.69, 9.17) is 26.4 Å². The van der Waals surface area contributed by atoms with Crippen LogP contribution in [0.25, 0.3) is 0 Å². The third-order valence-electron chi connectivity index (χ3n) is 3.32. The molecule has 0 heterocycles. The molecule has 26 heavy (non-hydrogen) atoms. The molecule has 0 atom stereocenters. The van der Waals surface area contributed by atoms with Crippen molar-refractivity contribution in [2.24, 2.45) is 5.10 Å². The second kappa shape index (κ2) is 9.38. The van der Waals surface area contributed by atoms with Gasteiger partial charge in [-0.25, -0.2) is 4.79 Å². The average molecular weight is 373 g/mol. The summed E-state index contributed by atoms with van der Waals surface area (Å²) in [4.78, 5) is 12.3. The van der Waals surface area contributed by atoms with Crippen LogP contribution in [0.4, 0.5) is 0 Å². The Morgan fingerprint density at radius 2 is 1.81 bits per heavy atom. The number of hydrogen-bond acceptors (Lipinski definition) is 6. The van der Waals surface area contributed by atoms with E-state index in [9.17, 15) is 4.79 Å². The molecule has 2 aromatic carbocycles. The summed E-state index contributed by atoms with van der Waals surface area (Å²) in [5, 5.41) is 7.13. The van der Waals surface area contributed by atoms with Gasteiger partial charge in [0.05, 0.1) is 26.0 Å². The van der Waals surface area contributed by atoms with Gasteiger partial charge in [-0.1, -0.05) is 0 Å². The lowest BCUT2D eigenvalue weighted by Gasteiger charge is -2.10. The molecule has 2 rings (SSSR count). The summed E-state index contributed by atoms with van der Waals surface area (Å²) >= 11 is 4.92. The molecule has 0 saturated carbocycles. The number of nitrogens with one attached hydrogen (secondary N) is 2. The Morgan fingerprint density at radius 1 is 1.08 bits per heavy atom. The Hall–Kier alpha value is -3.13. The van der Waals surface area contributed by atoms with Crippen LogP contribution in [0.3, 0.4) is 0 Å². The van der Waals surface area contributed by atoms with Crippen molar-refractivity contribution in [3.05, 3.63) is 53.6 Å². The highest BCUT2D eigenvalue weighted by Crippen LogP contribution is 2.28. The summed E-state index contributed by atoms with van der Waals surface area (Å²) in [7, 11) is 4.75. The van der Waals surface area contributed by atoms with E-state index < -0.39 is 5.97 Å². The summed E-state index contributed by atoms with van der Waals surface area (Å²) in [6, 6.07) is 11.7. The Balaban J connectivity index is 2.11. The van der Waals surface area contributed by atoms with Crippen molar-refractivity contribution in [2.45, 2.75) is 0 Å². The molecule has 2 aromatic rings. The van der Waals surface area contributed by atoms with Crippen LogP contribution >= 0.6 is 12.2 Å². The summed E-state index contributed by atoms with van der Waals surface area (Å²) in [6.45, 7) is 0. The van der Waals surface area contributed by atoms with Gasteiger partial charge < -0.3 is 19.5 Å². The number of hydrazone groups is 1. The van der Waals surface area contributed by atoms with Crippen molar-refractivity contribution < 1.29 is 19.0 Å². The number of nitrogens with zero attached hydrogens (tertiary/aromatic N) is 1. The van der Waals surface area contributed by atoms with Crippen LogP contribution in [0, 0.1) is 0 Å². The van der Waals surface area contributed by atoms with E-state index in [-0.39, 0.29) is 0 Å². The van der Waals surface area contributed by atoms with Crippen LogP contribution < -0.4 is 25.0 Å². The van der Waals surface area contributed by atoms with Gasteiger partial charge in [0.25, 0.3) is 0 Å². The van der Waals surface area contributed by atoms with E-state index in [2.05, 4.69) is 15.8 Å². The molecule has 0 aromatic heterocycles. The SMILES string of the molecule is CNC(=S)NN=Cc1ccc(OC(=O)c2ccc(OC)cc2)c(OC)c1. The summed E-state index contributed by atoms with van der Waals surface area (Å²) in [6.07, 6.45) is 1.57. The van der Waals surface area contributed by atoms with Crippen LogP contribution in [0.2, 0.25) is 0 Å². The maximum atomic E-state index is 12.3. The van der Waals surface area contributed by atoms with Crippen molar-refractivity contribution in [3.8, 4) is 17.2 Å². The number of benzene rings is 2. The van der Waals surface area contributed by atoms with E-state index in [0.29, 0.717) is 27.9 Å². The highest BCUT2D eigenvalue weighted by atomic mass is 32.1. The fourth-order valence-corrected chi connectivity index (χ4v) is 2.01. The van der Waals surface area contributed by atoms with E-state index >= 15 is 0 Å². The van der Waals surface area contributed by atoms with Crippen LogP contribution in [0.1, 0.15) is 15.9 Å². The number of ether oxygens (including phenoxy) is 3. The zero-order chi connectivity index (χ0) is 18.9. The molecule has 136 valence electrons. The molecule has 0 bridgehead atoms. The lowest BCUT2D eigenvalue weighted by molar-refractivity contribution is 0.0729. The Labute approximate surface area is 157 Å². The number of thiocarbonyl (C=S) groups is 1. The first-order valence-electron chi connectivity index (χ1n) is 7.62. The largest absolute Gasteiger partial charge is 0.497 e. The molecule has 0 unspecified atom stereocenters. The minimum absolute atomic E-state index is 0.309. The van der Waals surface area contributed by atoms with Gasteiger partial charge in [0.15, 0.2) is 16.6 Å². The predicted molar refractivity (Wildman–Crippen MR) is 103 cm³/mol. The van der Waals surface area contributed by atoms with Gasteiger partial charge in [-0.15, -0.1) is 0 Å². The standard InChI is InChI=1S/C18H19N3O4S/c1-19-18(26)21-20-11-12-4-9-15(16(10-12)24-3)25-17(22)13-5-7-14(23-2)8-6-13/h4-11H,1-3H3,(H2,19,21,26). The number of esters is 1. The topological polar surface area (TPSA) is 81.2 Å². The second-order valence-electron chi connectivity index (χ2n) is 4.98. The lowest BCUT2D eigenvalue weighted by atomic mass is 10.2. The first kappa shape index (κ1) is 19.2. The molecule has 8 heteroatoms. The van der Waals surface area contributed by atoms with Gasteiger partial charge >= 0.3 is 5.97 Å². The van der Waals surface area contributed by atoms with E-state index in [1.54, 1.807) is 62.8 Å². The number of carbonyl (C=O) groups is 1. The molecule has 0 aliphatic heterocycles. The average Bonchev–Trinajstić information content (AvgIpc) is 2.68. The number of rotatable bonds is 6. The summed E-state index contributed by atoms with van der Waals surface area (Å²) in [5.41, 5.74) is 3.80. The van der Waals surface area contributed by atoms with Crippen molar-refractivity contribution >= 4 is 29.5 Å². The normalized spacial score (nSPS) is 10.3. The third-order valence-corrected chi connectivity index (χ3v) is 3.62. The Bertz CT molecular complexity index is 807. The monoisotopic (exact) mass is 373 g/mol. The maximum absolute atomic E-state index is 12.3. The molecule has 0 fully saturated rings. The molecule has 0 aliphatic rings. The first-order valence-corrected chi connectivity index (χ1v) is 8.03. The molecule has 0 spiro atoms. The number of methoxy groups -OCH3 is 2. The molecule has 0 amide bonds. The summed E-state index contributed by atoms with van der Waals surface area (Å²) in [5.74, 6) is 0.888. The maximum Gasteiger partial charge on any atom is 0.343 e. The highest BCUT2D eigenvalue weighted by molar-refractivity contribution is 7.80. The second-order valence-corrected chi connectivity index (χ2v) is 5.39. The van der Waals surface area contributed by atoms with Crippen LogP contribution in [-0.4, -0.2) is 38.6 Å². The van der Waals surface area contributed by atoms with Crippen molar-refractivity contribution in [2.75, 3.05) is 21.3 Å². The fourth-order valence-electron chi connectivity index (χ4n) is 1.96. The van der Waals surface area contributed by atoms with Crippen molar-refractivity contribution in [1.29, 1.82) is 0 Å². The third kappa shape index (κ3) is 5.18. The zero-order valence-electron chi connectivity index (χ0n) is 14.6. The molecular formula is C18H19N3O4S. The van der Waals surface area contributed by atoms with Crippen molar-refractivity contribution in [3.63, 3.8) is 0 Å². The molecule has 0 saturated heterocycles. The van der Waals surface area contributed by atoms with E-state index in [1.165, 1.54) is 7.11 Å². The van der Waals surface area contributed by atoms with Gasteiger partial charge in [0, 0.05) is 7.05 Å². The van der Waals surface area contributed by atoms with Gasteiger partial charge in [0.2, 0.25) is 0 Å². The molecule has 0 aliphatic carbocycles.